The second kappa shape index (κ2) is 10.1. The van der Waals surface area contributed by atoms with Crippen LogP contribution in [0.1, 0.15) is 35.6 Å². The summed E-state index contributed by atoms with van der Waals surface area (Å²) in [5, 5.41) is 5.27. The summed E-state index contributed by atoms with van der Waals surface area (Å²) in [6.07, 6.45) is 2.19. The summed E-state index contributed by atoms with van der Waals surface area (Å²) in [6.45, 7) is 4.73. The average Bonchev–Trinajstić information content (AvgIpc) is 3.21. The number of hydrogen-bond donors (Lipinski definition) is 2. The van der Waals surface area contributed by atoms with Gasteiger partial charge in [-0.25, -0.2) is 4.79 Å². The van der Waals surface area contributed by atoms with Crippen LogP contribution in [0, 0.1) is 13.8 Å². The summed E-state index contributed by atoms with van der Waals surface area (Å²) in [5.74, 6) is -0.951. The minimum Gasteiger partial charge on any atom is -0.482 e. The lowest BCUT2D eigenvalue weighted by molar-refractivity contribution is -0.156. The minimum atomic E-state index is -1.04. The fraction of sp³-hybridized carbons (Fsp3) is 0.375. The molecule has 1 atom stereocenters. The Morgan fingerprint density at radius 1 is 1.03 bits per heavy atom. The van der Waals surface area contributed by atoms with Crippen LogP contribution in [0.15, 0.2) is 36.4 Å². The van der Waals surface area contributed by atoms with Gasteiger partial charge in [0.1, 0.15) is 5.75 Å². The van der Waals surface area contributed by atoms with Crippen molar-refractivity contribution < 1.29 is 23.9 Å². The number of fused-ring (bicyclic) bond motifs is 1. The van der Waals surface area contributed by atoms with E-state index in [0.717, 1.165) is 36.1 Å². The zero-order chi connectivity index (χ0) is 22.4. The molecule has 7 nitrogen and oxygen atoms in total. The van der Waals surface area contributed by atoms with Crippen molar-refractivity contribution >= 4 is 23.5 Å². The van der Waals surface area contributed by atoms with E-state index < -0.39 is 18.0 Å². The van der Waals surface area contributed by atoms with Crippen molar-refractivity contribution in [2.24, 2.45) is 0 Å². The molecule has 7 heteroatoms. The van der Waals surface area contributed by atoms with E-state index in [2.05, 4.69) is 10.6 Å². The Hall–Kier alpha value is -3.35. The summed E-state index contributed by atoms with van der Waals surface area (Å²) in [7, 11) is 0. The van der Waals surface area contributed by atoms with Crippen molar-refractivity contribution in [3.8, 4) is 5.75 Å². The van der Waals surface area contributed by atoms with Crippen LogP contribution in [0.2, 0.25) is 0 Å². The van der Waals surface area contributed by atoms with Crippen LogP contribution in [0.25, 0.3) is 0 Å². The molecule has 1 aliphatic rings. The van der Waals surface area contributed by atoms with Gasteiger partial charge >= 0.3 is 5.97 Å². The topological polar surface area (TPSA) is 93.7 Å². The molecule has 0 spiro atoms. The van der Waals surface area contributed by atoms with Crippen LogP contribution in [-0.4, -0.2) is 37.0 Å². The minimum absolute atomic E-state index is 0.222. The molecule has 0 aromatic heterocycles. The largest absolute Gasteiger partial charge is 0.482 e. The molecule has 2 amide bonds. The third kappa shape index (κ3) is 6.07. The van der Waals surface area contributed by atoms with E-state index in [0.29, 0.717) is 5.75 Å². The van der Waals surface area contributed by atoms with Crippen LogP contribution in [-0.2, 0) is 32.0 Å². The molecule has 0 saturated heterocycles. The summed E-state index contributed by atoms with van der Waals surface area (Å²) in [6, 6.07) is 11.5. The van der Waals surface area contributed by atoms with Gasteiger partial charge in [0.05, 0.1) is 6.54 Å². The van der Waals surface area contributed by atoms with Crippen LogP contribution >= 0.6 is 0 Å². The number of carbonyl (C=O) groups excluding carboxylic acids is 3. The number of hydrogen-bond acceptors (Lipinski definition) is 5. The highest BCUT2D eigenvalue weighted by Crippen LogP contribution is 2.26. The Balaban J connectivity index is 1.40. The fourth-order valence-corrected chi connectivity index (χ4v) is 3.57. The summed E-state index contributed by atoms with van der Waals surface area (Å²) in [4.78, 5) is 36.3. The quantitative estimate of drug-likeness (QED) is 0.636. The van der Waals surface area contributed by atoms with E-state index in [-0.39, 0.29) is 19.1 Å². The molecule has 0 saturated carbocycles. The van der Waals surface area contributed by atoms with E-state index in [1.807, 2.05) is 50.2 Å². The third-order valence-electron chi connectivity index (χ3n) is 5.27. The molecular weight excluding hydrogens is 396 g/mol. The number of rotatable bonds is 8. The molecule has 2 aromatic rings. The standard InChI is InChI=1S/C24H28N2O5/c1-15-6-4-7-16(2)23(15)26-21(27)13-25-24(29)17(3)31-22(28)14-30-20-11-10-18-8-5-9-19(18)12-20/h4,6-7,10-12,17H,5,8-9,13-14H2,1-3H3,(H,25,29)(H,26,27)/t17-/m1/s1. The van der Waals surface area contributed by atoms with E-state index in [4.69, 9.17) is 9.47 Å². The molecule has 164 valence electrons. The molecule has 1 aliphatic carbocycles. The smallest absolute Gasteiger partial charge is 0.344 e. The Morgan fingerprint density at radius 2 is 1.74 bits per heavy atom. The highest BCUT2D eigenvalue weighted by Gasteiger charge is 2.19. The summed E-state index contributed by atoms with van der Waals surface area (Å²) < 4.78 is 10.6. The lowest BCUT2D eigenvalue weighted by atomic mass is 10.1. The SMILES string of the molecule is Cc1cccc(C)c1NC(=O)CNC(=O)[C@@H](C)OC(=O)COc1ccc2c(c1)CCC2. The zero-order valence-electron chi connectivity index (χ0n) is 18.1. The highest BCUT2D eigenvalue weighted by molar-refractivity contribution is 5.96. The van der Waals surface area contributed by atoms with Gasteiger partial charge in [-0.05, 0) is 74.4 Å². The van der Waals surface area contributed by atoms with Crippen molar-refractivity contribution in [3.05, 3.63) is 58.7 Å². The van der Waals surface area contributed by atoms with Crippen molar-refractivity contribution in [3.63, 3.8) is 0 Å². The maximum Gasteiger partial charge on any atom is 0.344 e. The Morgan fingerprint density at radius 3 is 2.48 bits per heavy atom. The van der Waals surface area contributed by atoms with Gasteiger partial charge in [0, 0.05) is 5.69 Å². The number of para-hydroxylation sites is 1. The second-order valence-electron chi connectivity index (χ2n) is 7.74. The molecule has 0 aliphatic heterocycles. The average molecular weight is 424 g/mol. The van der Waals surface area contributed by atoms with Gasteiger partial charge in [0.2, 0.25) is 5.91 Å². The first-order valence-electron chi connectivity index (χ1n) is 10.4. The van der Waals surface area contributed by atoms with Gasteiger partial charge in [0.15, 0.2) is 12.7 Å². The Labute approximate surface area is 182 Å². The molecule has 2 aromatic carbocycles. The molecule has 0 heterocycles. The van der Waals surface area contributed by atoms with Gasteiger partial charge in [0.25, 0.3) is 5.91 Å². The Kier molecular flexibility index (Phi) is 7.28. The number of anilines is 1. The van der Waals surface area contributed by atoms with Crippen molar-refractivity contribution in [1.82, 2.24) is 5.32 Å². The van der Waals surface area contributed by atoms with E-state index >= 15 is 0 Å². The lowest BCUT2D eigenvalue weighted by Crippen LogP contribution is -2.40. The maximum atomic E-state index is 12.2. The van der Waals surface area contributed by atoms with E-state index in [1.165, 1.54) is 18.1 Å². The third-order valence-corrected chi connectivity index (χ3v) is 5.27. The van der Waals surface area contributed by atoms with Crippen molar-refractivity contribution in [2.45, 2.75) is 46.1 Å². The molecule has 0 fully saturated rings. The first kappa shape index (κ1) is 22.3. The summed E-state index contributed by atoms with van der Waals surface area (Å²) in [5.41, 5.74) is 5.17. The lowest BCUT2D eigenvalue weighted by Gasteiger charge is -2.15. The van der Waals surface area contributed by atoms with Crippen molar-refractivity contribution in [1.29, 1.82) is 0 Å². The van der Waals surface area contributed by atoms with Gasteiger partial charge in [-0.1, -0.05) is 24.3 Å². The van der Waals surface area contributed by atoms with Gasteiger partial charge in [-0.15, -0.1) is 0 Å². The highest BCUT2D eigenvalue weighted by atomic mass is 16.6. The van der Waals surface area contributed by atoms with Crippen molar-refractivity contribution in [2.75, 3.05) is 18.5 Å². The normalized spacial score (nSPS) is 13.1. The number of aryl methyl sites for hydroxylation is 4. The summed E-state index contributed by atoms with van der Waals surface area (Å²) >= 11 is 0. The van der Waals surface area contributed by atoms with Gasteiger partial charge in [-0.2, -0.15) is 0 Å². The van der Waals surface area contributed by atoms with Gasteiger partial charge in [-0.3, -0.25) is 9.59 Å². The second-order valence-corrected chi connectivity index (χ2v) is 7.74. The molecule has 0 bridgehead atoms. The van der Waals surface area contributed by atoms with Crippen LogP contribution in [0.3, 0.4) is 0 Å². The van der Waals surface area contributed by atoms with Crippen LogP contribution in [0.4, 0.5) is 5.69 Å². The van der Waals surface area contributed by atoms with E-state index in [1.54, 1.807) is 0 Å². The van der Waals surface area contributed by atoms with Gasteiger partial charge < -0.3 is 20.1 Å². The van der Waals surface area contributed by atoms with Crippen LogP contribution in [0.5, 0.6) is 5.75 Å². The molecule has 3 rings (SSSR count). The molecular formula is C24H28N2O5. The maximum absolute atomic E-state index is 12.2. The first-order valence-corrected chi connectivity index (χ1v) is 10.4. The molecule has 0 unspecified atom stereocenters. The number of esters is 1. The van der Waals surface area contributed by atoms with E-state index in [9.17, 15) is 14.4 Å². The Bertz CT molecular complexity index is 966. The number of amides is 2. The number of nitrogens with one attached hydrogen (secondary N) is 2. The van der Waals surface area contributed by atoms with Crippen LogP contribution < -0.4 is 15.4 Å². The fourth-order valence-electron chi connectivity index (χ4n) is 3.57. The monoisotopic (exact) mass is 424 g/mol. The molecule has 2 N–H and O–H groups in total. The number of ether oxygens (including phenoxy) is 2. The molecule has 31 heavy (non-hydrogen) atoms. The predicted molar refractivity (Wildman–Crippen MR) is 117 cm³/mol. The number of benzene rings is 2. The predicted octanol–water partition coefficient (Wildman–Crippen LogP) is 2.86. The zero-order valence-corrected chi connectivity index (χ0v) is 18.1. The number of carbonyl (C=O) groups is 3. The first-order chi connectivity index (χ1) is 14.8. The molecule has 0 radical (unpaired) electrons.